The summed E-state index contributed by atoms with van der Waals surface area (Å²) in [6, 6.07) is 7.31. The third-order valence-electron chi connectivity index (χ3n) is 4.76. The maximum absolute atomic E-state index is 12.4. The number of hydrogen-bond donors (Lipinski definition) is 1. The second-order valence-electron chi connectivity index (χ2n) is 6.44. The molecule has 2 unspecified atom stereocenters. The molecule has 2 aliphatic rings. The van der Waals surface area contributed by atoms with Gasteiger partial charge in [0.2, 0.25) is 17.7 Å². The molecule has 0 spiro atoms. The van der Waals surface area contributed by atoms with Crippen LogP contribution in [0.1, 0.15) is 31.2 Å². The van der Waals surface area contributed by atoms with Crippen LogP contribution < -0.4 is 5.32 Å². The number of nitrogens with zero attached hydrogens (tertiary/aromatic N) is 1. The summed E-state index contributed by atoms with van der Waals surface area (Å²) in [6.45, 7) is 0.245. The molecule has 0 bridgehead atoms. The molecule has 24 heavy (non-hydrogen) atoms. The van der Waals surface area contributed by atoms with Gasteiger partial charge in [-0.1, -0.05) is 25.0 Å². The summed E-state index contributed by atoms with van der Waals surface area (Å²) in [5.41, 5.74) is 1.57. The quantitative estimate of drug-likeness (QED) is 0.837. The Balaban J connectivity index is 1.63. The average Bonchev–Trinajstić information content (AvgIpc) is 2.81. The fourth-order valence-electron chi connectivity index (χ4n) is 3.64. The largest absolute Gasteiger partial charge is 0.380 e. The second-order valence-corrected chi connectivity index (χ2v) is 6.44. The number of ether oxygens (including phenoxy) is 1. The molecular weight excluding hydrogens is 308 g/mol. The van der Waals surface area contributed by atoms with Gasteiger partial charge in [0.25, 0.3) is 0 Å². The van der Waals surface area contributed by atoms with Gasteiger partial charge < -0.3 is 10.1 Å². The van der Waals surface area contributed by atoms with E-state index in [2.05, 4.69) is 5.32 Å². The molecule has 1 aromatic carbocycles. The molecular formula is C18H22N2O4. The van der Waals surface area contributed by atoms with Gasteiger partial charge in [0.05, 0.1) is 18.4 Å². The molecule has 3 rings (SSSR count). The van der Waals surface area contributed by atoms with Crippen LogP contribution in [0.25, 0.3) is 0 Å². The Labute approximate surface area is 141 Å². The van der Waals surface area contributed by atoms with Crippen molar-refractivity contribution >= 4 is 23.4 Å². The lowest BCUT2D eigenvalue weighted by atomic mass is 9.81. The molecule has 1 aromatic rings. The smallest absolute Gasteiger partial charge is 0.244 e. The van der Waals surface area contributed by atoms with E-state index in [0.29, 0.717) is 12.3 Å². The highest BCUT2D eigenvalue weighted by Crippen LogP contribution is 2.37. The van der Waals surface area contributed by atoms with Crippen LogP contribution >= 0.6 is 0 Å². The number of amides is 3. The maximum atomic E-state index is 12.4. The lowest BCUT2D eigenvalue weighted by Gasteiger charge is -2.19. The Morgan fingerprint density at radius 1 is 1.21 bits per heavy atom. The number of nitrogens with one attached hydrogen (secondary N) is 1. The first kappa shape index (κ1) is 16.6. The van der Waals surface area contributed by atoms with Gasteiger partial charge in [0.15, 0.2) is 0 Å². The van der Waals surface area contributed by atoms with Crippen molar-refractivity contribution in [3.63, 3.8) is 0 Å². The lowest BCUT2D eigenvalue weighted by Crippen LogP contribution is -2.38. The van der Waals surface area contributed by atoms with E-state index in [4.69, 9.17) is 4.74 Å². The Kier molecular flexibility index (Phi) is 4.94. The Bertz CT molecular complexity index is 634. The van der Waals surface area contributed by atoms with Crippen molar-refractivity contribution in [3.05, 3.63) is 29.8 Å². The van der Waals surface area contributed by atoms with E-state index in [1.54, 1.807) is 13.2 Å². The summed E-state index contributed by atoms with van der Waals surface area (Å²) >= 11 is 0. The zero-order chi connectivity index (χ0) is 17.1. The third-order valence-corrected chi connectivity index (χ3v) is 4.76. The molecule has 1 aliphatic heterocycles. The number of benzene rings is 1. The normalized spacial score (nSPS) is 23.3. The number of anilines is 1. The highest BCUT2D eigenvalue weighted by molar-refractivity contribution is 6.08. The van der Waals surface area contributed by atoms with E-state index in [1.165, 1.54) is 0 Å². The van der Waals surface area contributed by atoms with Crippen LogP contribution in [-0.2, 0) is 25.7 Å². The predicted octanol–water partition coefficient (Wildman–Crippen LogP) is 1.95. The number of fused-ring (bicyclic) bond motifs is 1. The molecule has 2 atom stereocenters. The molecule has 3 amide bonds. The summed E-state index contributed by atoms with van der Waals surface area (Å²) in [7, 11) is 1.61. The zero-order valence-electron chi connectivity index (χ0n) is 13.8. The summed E-state index contributed by atoms with van der Waals surface area (Å²) < 4.78 is 5.07. The first-order chi connectivity index (χ1) is 11.6. The van der Waals surface area contributed by atoms with Crippen LogP contribution in [0, 0.1) is 11.8 Å². The number of carbonyl (C=O) groups excluding carboxylic acids is 3. The summed E-state index contributed by atoms with van der Waals surface area (Å²) in [5.74, 6) is -1.17. The van der Waals surface area contributed by atoms with Crippen molar-refractivity contribution in [2.45, 2.75) is 32.3 Å². The van der Waals surface area contributed by atoms with Gasteiger partial charge in [-0.3, -0.25) is 19.3 Å². The maximum Gasteiger partial charge on any atom is 0.244 e. The van der Waals surface area contributed by atoms with Crippen molar-refractivity contribution < 1.29 is 19.1 Å². The van der Waals surface area contributed by atoms with Crippen LogP contribution in [0.3, 0.4) is 0 Å². The van der Waals surface area contributed by atoms with Crippen molar-refractivity contribution in [1.82, 2.24) is 4.90 Å². The van der Waals surface area contributed by atoms with Gasteiger partial charge in [-0.25, -0.2) is 0 Å². The number of imide groups is 1. The van der Waals surface area contributed by atoms with Gasteiger partial charge in [-0.15, -0.1) is 0 Å². The molecule has 1 aliphatic carbocycles. The lowest BCUT2D eigenvalue weighted by molar-refractivity contribution is -0.142. The summed E-state index contributed by atoms with van der Waals surface area (Å²) in [6.07, 6.45) is 3.47. The molecule has 1 heterocycles. The average molecular weight is 330 g/mol. The molecule has 128 valence electrons. The Hall–Kier alpha value is -2.21. The molecule has 1 saturated carbocycles. The third kappa shape index (κ3) is 3.33. The van der Waals surface area contributed by atoms with Gasteiger partial charge in [-0.2, -0.15) is 0 Å². The van der Waals surface area contributed by atoms with Crippen molar-refractivity contribution in [1.29, 1.82) is 0 Å². The van der Waals surface area contributed by atoms with E-state index in [1.807, 2.05) is 18.2 Å². The van der Waals surface area contributed by atoms with Gasteiger partial charge >= 0.3 is 0 Å². The van der Waals surface area contributed by atoms with Crippen molar-refractivity contribution in [3.8, 4) is 0 Å². The highest BCUT2D eigenvalue weighted by Gasteiger charge is 2.48. The van der Waals surface area contributed by atoms with Crippen LogP contribution in [0.2, 0.25) is 0 Å². The van der Waals surface area contributed by atoms with Gasteiger partial charge in [0, 0.05) is 12.8 Å². The van der Waals surface area contributed by atoms with Gasteiger partial charge in [-0.05, 0) is 30.5 Å². The van der Waals surface area contributed by atoms with Crippen molar-refractivity contribution in [2.24, 2.45) is 11.8 Å². The first-order valence-corrected chi connectivity index (χ1v) is 8.33. The number of hydrogen-bond acceptors (Lipinski definition) is 4. The predicted molar refractivity (Wildman–Crippen MR) is 88.0 cm³/mol. The van der Waals surface area contributed by atoms with Crippen LogP contribution in [-0.4, -0.2) is 36.3 Å². The minimum atomic E-state index is -0.357. The van der Waals surface area contributed by atoms with Crippen LogP contribution in [0.4, 0.5) is 5.69 Å². The fraction of sp³-hybridized carbons (Fsp3) is 0.500. The molecule has 1 N–H and O–H groups in total. The monoisotopic (exact) mass is 330 g/mol. The van der Waals surface area contributed by atoms with Crippen molar-refractivity contribution in [2.75, 3.05) is 19.0 Å². The standard InChI is InChI=1S/C18H22N2O4/c1-24-11-12-5-4-6-13(9-12)19-16(21)10-20-17(22)14-7-2-3-8-15(14)18(20)23/h4-6,9,14-15H,2-3,7-8,10-11H2,1H3,(H,19,21). The van der Waals surface area contributed by atoms with E-state index in [9.17, 15) is 14.4 Å². The zero-order valence-corrected chi connectivity index (χ0v) is 13.8. The molecule has 6 nitrogen and oxygen atoms in total. The Morgan fingerprint density at radius 2 is 1.88 bits per heavy atom. The SMILES string of the molecule is COCc1cccc(NC(=O)CN2C(=O)C3CCCCC3C2=O)c1. The molecule has 0 radical (unpaired) electrons. The molecule has 0 aromatic heterocycles. The topological polar surface area (TPSA) is 75.7 Å². The van der Waals surface area contributed by atoms with E-state index in [-0.39, 0.29) is 36.1 Å². The van der Waals surface area contributed by atoms with Crippen LogP contribution in [0.5, 0.6) is 0 Å². The van der Waals surface area contributed by atoms with E-state index < -0.39 is 0 Å². The highest BCUT2D eigenvalue weighted by atomic mass is 16.5. The minimum absolute atomic E-state index is 0.187. The molecule has 1 saturated heterocycles. The molecule has 2 fully saturated rings. The number of carbonyl (C=O) groups is 3. The van der Waals surface area contributed by atoms with Gasteiger partial charge in [0.1, 0.15) is 6.54 Å². The second kappa shape index (κ2) is 7.13. The first-order valence-electron chi connectivity index (χ1n) is 8.33. The molecule has 6 heteroatoms. The van der Waals surface area contributed by atoms with E-state index >= 15 is 0 Å². The summed E-state index contributed by atoms with van der Waals surface area (Å²) in [5, 5.41) is 2.75. The van der Waals surface area contributed by atoms with E-state index in [0.717, 1.165) is 36.1 Å². The minimum Gasteiger partial charge on any atom is -0.380 e. The number of likely N-dealkylation sites (tertiary alicyclic amines) is 1. The van der Waals surface area contributed by atoms with Crippen LogP contribution in [0.15, 0.2) is 24.3 Å². The number of methoxy groups -OCH3 is 1. The number of rotatable bonds is 5. The fourth-order valence-corrected chi connectivity index (χ4v) is 3.64. The summed E-state index contributed by atoms with van der Waals surface area (Å²) in [4.78, 5) is 38.2. The Morgan fingerprint density at radius 3 is 2.50 bits per heavy atom.